The number of benzene rings is 2. The molecule has 0 radical (unpaired) electrons. The highest BCUT2D eigenvalue weighted by atomic mass is 32.1. The van der Waals surface area contributed by atoms with Crippen LogP contribution in [0.4, 0.5) is 10.8 Å². The van der Waals surface area contributed by atoms with Gasteiger partial charge in [0.1, 0.15) is 0 Å². The summed E-state index contributed by atoms with van der Waals surface area (Å²) in [6.45, 7) is 3.94. The third-order valence-corrected chi connectivity index (χ3v) is 5.63. The van der Waals surface area contributed by atoms with Crippen LogP contribution in [0.15, 0.2) is 42.5 Å². The second-order valence-corrected chi connectivity index (χ2v) is 8.29. The summed E-state index contributed by atoms with van der Waals surface area (Å²) in [5, 5.41) is 6.42. The molecule has 1 amide bonds. The highest BCUT2D eigenvalue weighted by Crippen LogP contribution is 2.29. The lowest BCUT2D eigenvalue weighted by molar-refractivity contribution is -0.159. The number of fused-ring (bicyclic) bond motifs is 1. The van der Waals surface area contributed by atoms with Crippen molar-refractivity contribution in [2.75, 3.05) is 25.6 Å². The number of rotatable bonds is 11. The minimum atomic E-state index is -1.49. The van der Waals surface area contributed by atoms with Gasteiger partial charge in [-0.25, -0.2) is 14.6 Å². The zero-order chi connectivity index (χ0) is 24.5. The molecule has 0 bridgehead atoms. The molecule has 3 rings (SSSR count). The van der Waals surface area contributed by atoms with Gasteiger partial charge in [0, 0.05) is 12.8 Å². The van der Waals surface area contributed by atoms with Crippen LogP contribution in [0.2, 0.25) is 0 Å². The van der Waals surface area contributed by atoms with Gasteiger partial charge in [-0.1, -0.05) is 29.5 Å². The van der Waals surface area contributed by atoms with Gasteiger partial charge < -0.3 is 24.8 Å². The molecule has 3 aromatic rings. The second-order valence-electron chi connectivity index (χ2n) is 7.26. The van der Waals surface area contributed by atoms with Gasteiger partial charge >= 0.3 is 11.9 Å². The summed E-state index contributed by atoms with van der Waals surface area (Å²) in [5.74, 6) is -2.19. The fraction of sp³-hybridized carbons (Fsp3) is 0.333. The van der Waals surface area contributed by atoms with E-state index in [0.29, 0.717) is 12.2 Å². The van der Waals surface area contributed by atoms with Crippen LogP contribution >= 0.6 is 11.3 Å². The molecule has 0 saturated heterocycles. The molecule has 1 aromatic heterocycles. The Morgan fingerprint density at radius 2 is 1.62 bits per heavy atom. The van der Waals surface area contributed by atoms with Gasteiger partial charge in [0.25, 0.3) is 0 Å². The summed E-state index contributed by atoms with van der Waals surface area (Å²) in [7, 11) is 1.66. The van der Waals surface area contributed by atoms with Crippen molar-refractivity contribution in [2.24, 2.45) is 0 Å². The maximum absolute atomic E-state index is 12.4. The van der Waals surface area contributed by atoms with Crippen LogP contribution in [-0.2, 0) is 41.6 Å². The highest BCUT2D eigenvalue weighted by Gasteiger charge is 2.31. The van der Waals surface area contributed by atoms with Gasteiger partial charge in [0.05, 0.1) is 36.5 Å². The van der Waals surface area contributed by atoms with Crippen molar-refractivity contribution in [2.45, 2.75) is 32.9 Å². The average molecular weight is 486 g/mol. The van der Waals surface area contributed by atoms with Crippen molar-refractivity contribution in [1.82, 2.24) is 10.3 Å². The molecule has 0 saturated carbocycles. The maximum Gasteiger partial charge on any atom is 0.340 e. The summed E-state index contributed by atoms with van der Waals surface area (Å²) >= 11 is 1.54. The summed E-state index contributed by atoms with van der Waals surface area (Å²) in [6, 6.07) is 11.8. The molecule has 180 valence electrons. The number of esters is 2. The summed E-state index contributed by atoms with van der Waals surface area (Å²) in [6.07, 6.45) is -0.0149. The predicted octanol–water partition coefficient (Wildman–Crippen LogP) is 3.34. The normalized spacial score (nSPS) is 10.8. The molecule has 0 aliphatic carbocycles. The largest absolute Gasteiger partial charge is 0.464 e. The molecule has 0 atom stereocenters. The van der Waals surface area contributed by atoms with Crippen LogP contribution in [0.25, 0.3) is 10.2 Å². The van der Waals surface area contributed by atoms with E-state index < -0.39 is 23.9 Å². The number of anilines is 2. The molecule has 0 fully saturated rings. The number of amides is 1. The van der Waals surface area contributed by atoms with Gasteiger partial charge in [0.2, 0.25) is 11.9 Å². The fourth-order valence-electron chi connectivity index (χ4n) is 3.17. The van der Waals surface area contributed by atoms with Gasteiger partial charge in [-0.15, -0.1) is 0 Å². The lowest BCUT2D eigenvalue weighted by Gasteiger charge is -2.16. The van der Waals surface area contributed by atoms with E-state index in [1.807, 2.05) is 30.3 Å². The van der Waals surface area contributed by atoms with Gasteiger partial charge in [0.15, 0.2) is 5.13 Å². The van der Waals surface area contributed by atoms with E-state index in [9.17, 15) is 14.4 Å². The molecule has 2 aromatic carbocycles. The van der Waals surface area contributed by atoms with Crippen LogP contribution in [0.5, 0.6) is 0 Å². The average Bonchev–Trinajstić information content (AvgIpc) is 3.21. The van der Waals surface area contributed by atoms with E-state index in [1.165, 1.54) is 11.3 Å². The van der Waals surface area contributed by atoms with Crippen LogP contribution in [-0.4, -0.2) is 49.2 Å². The molecule has 0 unspecified atom stereocenters. The number of ether oxygens (including phenoxy) is 3. The summed E-state index contributed by atoms with van der Waals surface area (Å²) in [4.78, 5) is 41.1. The molecular formula is C24H27N3O6S. The second kappa shape index (κ2) is 12.1. The number of hydrogen-bond donors (Lipinski definition) is 2. The minimum Gasteiger partial charge on any atom is -0.464 e. The Morgan fingerprint density at radius 1 is 0.971 bits per heavy atom. The zero-order valence-electron chi connectivity index (χ0n) is 19.3. The van der Waals surface area contributed by atoms with Gasteiger partial charge in [-0.3, -0.25) is 4.79 Å². The van der Waals surface area contributed by atoms with Crippen molar-refractivity contribution in [3.05, 3.63) is 53.6 Å². The number of thiazole rings is 1. The highest BCUT2D eigenvalue weighted by molar-refractivity contribution is 7.22. The van der Waals surface area contributed by atoms with E-state index in [0.717, 1.165) is 26.6 Å². The van der Waals surface area contributed by atoms with Crippen molar-refractivity contribution in [3.63, 3.8) is 0 Å². The number of carbonyl (C=O) groups excluding carboxylic acids is 3. The number of methoxy groups -OCH3 is 1. The SMILES string of the molecule is CCOC(=O)C(NC(=O)Cc1ccc(Nc2nc3cc(COC)ccc3s2)cc1)C(=O)OCC. The summed E-state index contributed by atoms with van der Waals surface area (Å²) in [5.41, 5.74) is 3.48. The van der Waals surface area contributed by atoms with Crippen LogP contribution in [0.1, 0.15) is 25.0 Å². The molecule has 1 heterocycles. The van der Waals surface area contributed by atoms with Crippen molar-refractivity contribution in [3.8, 4) is 0 Å². The number of nitrogens with one attached hydrogen (secondary N) is 2. The Bertz CT molecular complexity index is 1130. The van der Waals surface area contributed by atoms with Gasteiger partial charge in [-0.05, 0) is 49.2 Å². The lowest BCUT2D eigenvalue weighted by Crippen LogP contribution is -2.48. The van der Waals surface area contributed by atoms with Gasteiger partial charge in [-0.2, -0.15) is 0 Å². The minimum absolute atomic E-state index is 0.0149. The first-order valence-electron chi connectivity index (χ1n) is 10.8. The molecule has 0 aliphatic heterocycles. The van der Waals surface area contributed by atoms with Crippen molar-refractivity contribution < 1.29 is 28.6 Å². The van der Waals surface area contributed by atoms with E-state index in [1.54, 1.807) is 33.1 Å². The number of aromatic nitrogens is 1. The van der Waals surface area contributed by atoms with E-state index >= 15 is 0 Å². The molecule has 9 nitrogen and oxygen atoms in total. The number of nitrogens with zero attached hydrogens (tertiary/aromatic N) is 1. The first-order chi connectivity index (χ1) is 16.4. The topological polar surface area (TPSA) is 116 Å². The van der Waals surface area contributed by atoms with Crippen molar-refractivity contribution in [1.29, 1.82) is 0 Å². The van der Waals surface area contributed by atoms with E-state index in [-0.39, 0.29) is 19.6 Å². The Labute approximate surface area is 201 Å². The van der Waals surface area contributed by atoms with Crippen LogP contribution in [0.3, 0.4) is 0 Å². The Kier molecular flexibility index (Phi) is 8.94. The Morgan fingerprint density at radius 3 is 2.24 bits per heavy atom. The first kappa shape index (κ1) is 25.1. The quantitative estimate of drug-likeness (QED) is 0.314. The zero-order valence-corrected chi connectivity index (χ0v) is 20.1. The summed E-state index contributed by atoms with van der Waals surface area (Å²) < 4.78 is 16.0. The van der Waals surface area contributed by atoms with E-state index in [2.05, 4.69) is 15.6 Å². The first-order valence-corrected chi connectivity index (χ1v) is 11.6. The smallest absolute Gasteiger partial charge is 0.340 e. The van der Waals surface area contributed by atoms with Crippen LogP contribution < -0.4 is 10.6 Å². The number of hydrogen-bond acceptors (Lipinski definition) is 9. The van der Waals surface area contributed by atoms with Crippen molar-refractivity contribution >= 4 is 50.2 Å². The van der Waals surface area contributed by atoms with Crippen LogP contribution in [0, 0.1) is 0 Å². The Hall–Kier alpha value is -3.50. The maximum atomic E-state index is 12.4. The fourth-order valence-corrected chi connectivity index (χ4v) is 4.04. The molecule has 34 heavy (non-hydrogen) atoms. The number of carbonyl (C=O) groups is 3. The molecule has 2 N–H and O–H groups in total. The molecular weight excluding hydrogens is 458 g/mol. The monoisotopic (exact) mass is 485 g/mol. The third-order valence-electron chi connectivity index (χ3n) is 4.68. The molecule has 0 spiro atoms. The molecule has 0 aliphatic rings. The predicted molar refractivity (Wildman–Crippen MR) is 129 cm³/mol. The third kappa shape index (κ3) is 6.75. The van der Waals surface area contributed by atoms with E-state index in [4.69, 9.17) is 14.2 Å². The lowest BCUT2D eigenvalue weighted by atomic mass is 10.1. The molecule has 10 heteroatoms. The Balaban J connectivity index is 1.61. The standard InChI is InChI=1S/C24H27N3O6S/c1-4-32-22(29)21(23(30)33-5-2)27-20(28)13-15-6-9-17(10-7-15)25-24-26-18-12-16(14-31-3)8-11-19(18)34-24/h6-12,21H,4-5,13-14H2,1-3H3,(H,25,26)(H,27,28).